The molecule has 4 rings (SSSR count). The summed E-state index contributed by atoms with van der Waals surface area (Å²) in [5, 5.41) is 2.98. The second kappa shape index (κ2) is 10.2. The van der Waals surface area contributed by atoms with E-state index < -0.39 is 0 Å². The number of aromatic amines is 1. The number of ketones is 2. The molecule has 2 aromatic carbocycles. The molecule has 31 heavy (non-hydrogen) atoms. The Morgan fingerprint density at radius 2 is 1.68 bits per heavy atom. The average Bonchev–Trinajstić information content (AvgIpc) is 2.76. The maximum Gasteiger partial charge on any atom is 0.397 e. The number of nitrogens with one attached hydrogen (secondary N) is 2. The fourth-order valence-electron chi connectivity index (χ4n) is 3.16. The Kier molecular flexibility index (Phi) is 7.96. The molecule has 1 aliphatic rings. The molecule has 1 aliphatic carbocycles. The Labute approximate surface area is 193 Å². The normalized spacial score (nSPS) is 12.1. The van der Waals surface area contributed by atoms with Crippen molar-refractivity contribution in [2.75, 3.05) is 11.0 Å². The van der Waals surface area contributed by atoms with Crippen molar-refractivity contribution in [2.45, 2.75) is 27.7 Å². The van der Waals surface area contributed by atoms with E-state index in [1.165, 1.54) is 7.55 Å². The van der Waals surface area contributed by atoms with Crippen LogP contribution < -0.4 is 16.6 Å². The molecule has 0 atom stereocenters. The minimum atomic E-state index is -0.263. The zero-order valence-corrected chi connectivity index (χ0v) is 19.0. The molecule has 2 radical (unpaired) electrons. The molecule has 3 aromatic rings. The summed E-state index contributed by atoms with van der Waals surface area (Å²) in [5.74, 6) is 0.0894. The Morgan fingerprint density at radius 1 is 1.06 bits per heavy atom. The first-order chi connectivity index (χ1) is 14.5. The second-order valence-corrected chi connectivity index (χ2v) is 6.37. The van der Waals surface area contributed by atoms with Gasteiger partial charge in [-0.15, -0.1) is 0 Å². The second-order valence-electron chi connectivity index (χ2n) is 6.37. The van der Waals surface area contributed by atoms with Crippen LogP contribution in [-0.2, 0) is 18.6 Å². The molecule has 156 valence electrons. The first-order valence-corrected chi connectivity index (χ1v) is 9.52. The molecule has 10 heteroatoms. The molecule has 8 nitrogen and oxygen atoms in total. The number of H-pyrrole nitrogens is 1. The molecule has 0 saturated heterocycles. The van der Waals surface area contributed by atoms with Crippen molar-refractivity contribution in [3.63, 3.8) is 0 Å². The standard InChI is InChI=1S/C19H15BN6O2.C2H6.V/c1-9-7-13(25-20-26-19-23-8-22-10(2)24-19)14-15(16(9)21)18(28)12-6-4-3-5-11(12)17(14)27;1-2;/h3-7,25H,21H2,1-2H3,(H,22,23,24,26);1-2H3;/q-1;;. The van der Waals surface area contributed by atoms with E-state index >= 15 is 0 Å². The predicted molar refractivity (Wildman–Crippen MR) is 115 cm³/mol. The summed E-state index contributed by atoms with van der Waals surface area (Å²) in [7, 11) is 1.38. The van der Waals surface area contributed by atoms with E-state index in [1.807, 2.05) is 13.8 Å². The molecule has 0 spiro atoms. The third-order valence-corrected chi connectivity index (χ3v) is 4.52. The molecular formula is C21H21BN6O2V-. The third kappa shape index (κ3) is 4.62. The monoisotopic (exact) mass is 451 g/mol. The van der Waals surface area contributed by atoms with E-state index in [0.717, 1.165) is 0 Å². The number of nitrogens with zero attached hydrogens (tertiary/aromatic N) is 3. The van der Waals surface area contributed by atoms with Gasteiger partial charge in [-0.25, -0.2) is 0 Å². The SMILES string of the molecule is CC.Cc1n[c-]nc(=N[B]Nc2cc(C)c(N)c3c2C(=O)c2ccccc2C3=O)[nH]1.[V]. The van der Waals surface area contributed by atoms with Gasteiger partial charge >= 0.3 is 7.55 Å². The van der Waals surface area contributed by atoms with E-state index in [1.54, 1.807) is 44.2 Å². The van der Waals surface area contributed by atoms with Gasteiger partial charge < -0.3 is 30.8 Å². The molecule has 0 amide bonds. The van der Waals surface area contributed by atoms with Crippen LogP contribution in [0.3, 0.4) is 0 Å². The summed E-state index contributed by atoms with van der Waals surface area (Å²) in [4.78, 5) is 40.8. The van der Waals surface area contributed by atoms with Crippen LogP contribution in [0.4, 0.5) is 11.4 Å². The number of hydrogen-bond acceptors (Lipinski definition) is 7. The number of nitrogen functional groups attached to an aromatic ring is 1. The van der Waals surface area contributed by atoms with Crippen LogP contribution in [0.1, 0.15) is 57.1 Å². The molecule has 0 aliphatic heterocycles. The Morgan fingerprint density at radius 3 is 2.29 bits per heavy atom. The minimum Gasteiger partial charge on any atom is -0.420 e. The van der Waals surface area contributed by atoms with Crippen molar-refractivity contribution in [1.29, 1.82) is 0 Å². The van der Waals surface area contributed by atoms with E-state index in [2.05, 4.69) is 31.4 Å². The van der Waals surface area contributed by atoms with Gasteiger partial charge in [0.05, 0.1) is 16.7 Å². The molecule has 0 unspecified atom stereocenters. The molecule has 0 saturated carbocycles. The van der Waals surface area contributed by atoms with Crippen molar-refractivity contribution in [1.82, 2.24) is 15.0 Å². The van der Waals surface area contributed by atoms with Gasteiger partial charge in [0, 0.05) is 47.4 Å². The summed E-state index contributed by atoms with van der Waals surface area (Å²) in [6, 6.07) is 8.45. The fraction of sp³-hybridized carbons (Fsp3) is 0.190. The first kappa shape index (κ1) is 24.1. The number of aromatic nitrogens is 3. The molecular weight excluding hydrogens is 430 g/mol. The smallest absolute Gasteiger partial charge is 0.397 e. The van der Waals surface area contributed by atoms with Crippen molar-refractivity contribution in [2.24, 2.45) is 4.90 Å². The molecule has 1 aromatic heterocycles. The van der Waals surface area contributed by atoms with Crippen LogP contribution in [0.5, 0.6) is 0 Å². The van der Waals surface area contributed by atoms with Gasteiger partial charge in [-0.05, 0) is 24.4 Å². The topological polar surface area (TPSA) is 126 Å². The summed E-state index contributed by atoms with van der Waals surface area (Å²) in [5.41, 5.74) is 9.08. The van der Waals surface area contributed by atoms with E-state index in [0.29, 0.717) is 39.5 Å². The van der Waals surface area contributed by atoms with Gasteiger partial charge in [0.25, 0.3) is 0 Å². The largest absolute Gasteiger partial charge is 0.420 e. The number of rotatable bonds is 3. The van der Waals surface area contributed by atoms with Gasteiger partial charge in [0.15, 0.2) is 11.6 Å². The number of carbonyl (C=O) groups is 2. The van der Waals surface area contributed by atoms with Gasteiger partial charge in [-0.1, -0.05) is 45.0 Å². The van der Waals surface area contributed by atoms with Gasteiger partial charge in [0.1, 0.15) is 0 Å². The third-order valence-electron chi connectivity index (χ3n) is 4.52. The van der Waals surface area contributed by atoms with Crippen LogP contribution in [-0.4, -0.2) is 34.1 Å². The van der Waals surface area contributed by atoms with E-state index in [4.69, 9.17) is 5.73 Å². The molecule has 4 N–H and O–H groups in total. The zero-order valence-electron chi connectivity index (χ0n) is 17.6. The Hall–Kier alpha value is -3.16. The Balaban J connectivity index is 0.00000111. The Bertz CT molecular complexity index is 1210. The fourth-order valence-corrected chi connectivity index (χ4v) is 3.16. The van der Waals surface area contributed by atoms with Crippen LogP contribution in [0.15, 0.2) is 35.2 Å². The zero-order chi connectivity index (χ0) is 21.8. The number of carbonyl (C=O) groups excluding carboxylic acids is 2. The van der Waals surface area contributed by atoms with Gasteiger partial charge in [-0.2, -0.15) is 0 Å². The first-order valence-electron chi connectivity index (χ1n) is 9.52. The van der Waals surface area contributed by atoms with E-state index in [-0.39, 0.29) is 41.2 Å². The number of nitrogens with two attached hydrogens (primary N) is 1. The summed E-state index contributed by atoms with van der Waals surface area (Å²) in [6.45, 7) is 7.54. The number of aryl methyl sites for hydroxylation is 2. The van der Waals surface area contributed by atoms with Gasteiger partial charge in [0.2, 0.25) is 0 Å². The minimum absolute atomic E-state index is 0. The maximum atomic E-state index is 13.1. The number of anilines is 2. The summed E-state index contributed by atoms with van der Waals surface area (Å²) >= 11 is 0. The van der Waals surface area contributed by atoms with Crippen LogP contribution >= 0.6 is 0 Å². The number of benzene rings is 2. The van der Waals surface area contributed by atoms with Crippen molar-refractivity contribution in [3.8, 4) is 0 Å². The number of fused-ring (bicyclic) bond motifs is 2. The van der Waals surface area contributed by atoms with Crippen molar-refractivity contribution >= 4 is 30.5 Å². The molecule has 1 heterocycles. The van der Waals surface area contributed by atoms with Crippen LogP contribution in [0.25, 0.3) is 0 Å². The number of hydrogen-bond donors (Lipinski definition) is 3. The molecule has 0 bridgehead atoms. The van der Waals surface area contributed by atoms with Crippen LogP contribution in [0.2, 0.25) is 0 Å². The predicted octanol–water partition coefficient (Wildman–Crippen LogP) is 2.15. The van der Waals surface area contributed by atoms with Crippen molar-refractivity contribution in [3.05, 3.63) is 75.9 Å². The average molecular weight is 451 g/mol. The summed E-state index contributed by atoms with van der Waals surface area (Å²) in [6.07, 6.45) is 2.48. The van der Waals surface area contributed by atoms with Crippen molar-refractivity contribution < 1.29 is 28.1 Å². The maximum absolute atomic E-state index is 13.1. The van der Waals surface area contributed by atoms with Crippen LogP contribution in [0, 0.1) is 20.2 Å². The quantitative estimate of drug-likeness (QED) is 0.249. The van der Waals surface area contributed by atoms with E-state index in [9.17, 15) is 9.59 Å². The summed E-state index contributed by atoms with van der Waals surface area (Å²) < 4.78 is 0. The van der Waals surface area contributed by atoms with Gasteiger partial charge in [-0.3, -0.25) is 9.59 Å². The molecule has 0 fully saturated rings.